The molecule has 6 aromatic rings. The third-order valence-corrected chi connectivity index (χ3v) is 10.2. The van der Waals surface area contributed by atoms with Crippen molar-refractivity contribution in [3.8, 4) is 16.9 Å². The number of ether oxygens (including phenoxy) is 2. The normalized spacial score (nSPS) is 14.0. The second-order valence-corrected chi connectivity index (χ2v) is 18.8. The van der Waals surface area contributed by atoms with Gasteiger partial charge in [-0.05, 0) is 43.2 Å². The first-order chi connectivity index (χ1) is 22.8. The molecule has 0 atom stereocenters. The molecule has 7 rings (SSSR count). The summed E-state index contributed by atoms with van der Waals surface area (Å²) in [4.78, 5) is 30.2. The highest BCUT2D eigenvalue weighted by atomic mass is 28.3. The van der Waals surface area contributed by atoms with Crippen molar-refractivity contribution in [2.45, 2.75) is 45.3 Å². The molecule has 0 radical (unpaired) electrons. The molecule has 5 heterocycles. The standard InChI is InChI=1S/C35H40N8O3Si/c1-47(2,3)21-20-46-25-41-24-37-43(35(41)44)30-14-9-27(10-15-30)32-22-36-33(40-16-18-45-19-17-40)34-39-29(23-42(32)34)13-12-28-11-8-26-6-4-5-7-31(26)38-28/h4-11,14-15,22-24H,12-13,16-21,25H2,1-3H3. The van der Waals surface area contributed by atoms with Crippen LogP contribution in [0.25, 0.3) is 33.5 Å². The molecule has 0 aliphatic carbocycles. The Morgan fingerprint density at radius 2 is 1.70 bits per heavy atom. The maximum Gasteiger partial charge on any atom is 0.352 e. The third-order valence-electron chi connectivity index (χ3n) is 8.50. The van der Waals surface area contributed by atoms with Gasteiger partial charge < -0.3 is 14.4 Å². The van der Waals surface area contributed by atoms with Crippen molar-refractivity contribution in [3.63, 3.8) is 0 Å². The molecular formula is C35H40N8O3Si. The fourth-order valence-corrected chi connectivity index (χ4v) is 6.52. The molecule has 12 heteroatoms. The lowest BCUT2D eigenvalue weighted by molar-refractivity contribution is 0.0846. The van der Waals surface area contributed by atoms with Gasteiger partial charge in [-0.2, -0.15) is 9.78 Å². The molecule has 0 spiro atoms. The lowest BCUT2D eigenvalue weighted by Crippen LogP contribution is -2.37. The van der Waals surface area contributed by atoms with E-state index in [1.54, 1.807) is 0 Å². The number of morpholine rings is 1. The van der Waals surface area contributed by atoms with Crippen molar-refractivity contribution in [3.05, 3.63) is 101 Å². The molecule has 0 amide bonds. The molecule has 0 unspecified atom stereocenters. The van der Waals surface area contributed by atoms with E-state index in [-0.39, 0.29) is 12.4 Å². The highest BCUT2D eigenvalue weighted by Crippen LogP contribution is 2.28. The van der Waals surface area contributed by atoms with E-state index in [2.05, 4.69) is 58.4 Å². The Labute approximate surface area is 274 Å². The van der Waals surface area contributed by atoms with Crippen LogP contribution >= 0.6 is 0 Å². The minimum atomic E-state index is -1.20. The molecule has 1 fully saturated rings. The molecule has 242 valence electrons. The Morgan fingerprint density at radius 3 is 2.51 bits per heavy atom. The molecule has 1 aliphatic heterocycles. The van der Waals surface area contributed by atoms with Gasteiger partial charge in [-0.1, -0.05) is 56.0 Å². The zero-order valence-corrected chi connectivity index (χ0v) is 28.2. The fraction of sp³-hybridized carbons (Fsp3) is 0.343. The summed E-state index contributed by atoms with van der Waals surface area (Å²) in [5, 5.41) is 5.48. The van der Waals surface area contributed by atoms with Gasteiger partial charge in [0, 0.05) is 50.6 Å². The molecule has 11 nitrogen and oxygen atoms in total. The minimum absolute atomic E-state index is 0.195. The van der Waals surface area contributed by atoms with Gasteiger partial charge in [-0.25, -0.2) is 14.8 Å². The topological polar surface area (TPSA) is 105 Å². The SMILES string of the molecule is C[Si](C)(C)CCOCn1cnn(-c2ccc(-c3cnc(N4CCOCC4)c4nc(CCc5ccc6ccccc6n5)cn34)cc2)c1=O. The summed E-state index contributed by atoms with van der Waals surface area (Å²) in [6.45, 7) is 10.6. The number of hydrogen-bond acceptors (Lipinski definition) is 8. The Bertz CT molecular complexity index is 2060. The molecule has 0 saturated carbocycles. The molecular weight excluding hydrogens is 609 g/mol. The zero-order chi connectivity index (χ0) is 32.4. The average molecular weight is 649 g/mol. The number of hydrogen-bond donors (Lipinski definition) is 0. The van der Waals surface area contributed by atoms with E-state index in [1.165, 1.54) is 15.6 Å². The number of aromatic nitrogens is 7. The average Bonchev–Trinajstić information content (AvgIpc) is 3.68. The quantitative estimate of drug-likeness (QED) is 0.139. The van der Waals surface area contributed by atoms with Crippen LogP contribution in [0.5, 0.6) is 0 Å². The van der Waals surface area contributed by atoms with Crippen molar-refractivity contribution < 1.29 is 9.47 Å². The van der Waals surface area contributed by atoms with E-state index in [0.29, 0.717) is 25.5 Å². The number of fused-ring (bicyclic) bond motifs is 2. The number of para-hydroxylation sites is 1. The molecule has 0 N–H and O–H groups in total. The Balaban J connectivity index is 1.14. The van der Waals surface area contributed by atoms with Gasteiger partial charge >= 0.3 is 5.69 Å². The summed E-state index contributed by atoms with van der Waals surface area (Å²) in [7, 11) is -1.20. The first-order valence-electron chi connectivity index (χ1n) is 16.2. The van der Waals surface area contributed by atoms with E-state index in [9.17, 15) is 4.79 Å². The summed E-state index contributed by atoms with van der Waals surface area (Å²) >= 11 is 0. The van der Waals surface area contributed by atoms with Crippen molar-refractivity contribution >= 4 is 30.4 Å². The zero-order valence-electron chi connectivity index (χ0n) is 27.2. The summed E-state index contributed by atoms with van der Waals surface area (Å²) in [6.07, 6.45) is 7.08. The Morgan fingerprint density at radius 1 is 0.915 bits per heavy atom. The summed E-state index contributed by atoms with van der Waals surface area (Å²) in [5.41, 5.74) is 6.17. The maximum absolute atomic E-state index is 13.1. The maximum atomic E-state index is 13.1. The van der Waals surface area contributed by atoms with Gasteiger partial charge in [-0.3, -0.25) is 14.0 Å². The summed E-state index contributed by atoms with van der Waals surface area (Å²) in [6, 6.07) is 21.3. The van der Waals surface area contributed by atoms with Crippen LogP contribution in [0.3, 0.4) is 0 Å². The van der Waals surface area contributed by atoms with Gasteiger partial charge in [0.1, 0.15) is 13.1 Å². The van der Waals surface area contributed by atoms with Crippen LogP contribution in [0.1, 0.15) is 11.4 Å². The number of pyridine rings is 1. The number of imidazole rings is 1. The minimum Gasteiger partial charge on any atom is -0.378 e. The highest BCUT2D eigenvalue weighted by Gasteiger charge is 2.20. The molecule has 1 saturated heterocycles. The summed E-state index contributed by atoms with van der Waals surface area (Å²) in [5.74, 6) is 0.855. The lowest BCUT2D eigenvalue weighted by atomic mass is 10.1. The number of aryl methyl sites for hydroxylation is 2. The largest absolute Gasteiger partial charge is 0.378 e. The Kier molecular flexibility index (Phi) is 8.71. The highest BCUT2D eigenvalue weighted by molar-refractivity contribution is 6.76. The van der Waals surface area contributed by atoms with Gasteiger partial charge in [-0.15, -0.1) is 0 Å². The van der Waals surface area contributed by atoms with Crippen LogP contribution in [0, 0.1) is 0 Å². The predicted molar refractivity (Wildman–Crippen MR) is 186 cm³/mol. The second kappa shape index (κ2) is 13.2. The van der Waals surface area contributed by atoms with Crippen molar-refractivity contribution in [1.82, 2.24) is 33.7 Å². The second-order valence-electron chi connectivity index (χ2n) is 13.2. The van der Waals surface area contributed by atoms with Crippen LogP contribution in [-0.4, -0.2) is 74.7 Å². The monoisotopic (exact) mass is 648 g/mol. The van der Waals surface area contributed by atoms with Crippen LogP contribution in [0.15, 0.2) is 84.2 Å². The molecule has 47 heavy (non-hydrogen) atoms. The van der Waals surface area contributed by atoms with Gasteiger partial charge in [0.25, 0.3) is 0 Å². The summed E-state index contributed by atoms with van der Waals surface area (Å²) < 4.78 is 16.4. The molecule has 4 aromatic heterocycles. The van der Waals surface area contributed by atoms with Crippen LogP contribution in [-0.2, 0) is 29.0 Å². The van der Waals surface area contributed by atoms with E-state index in [0.717, 1.165) is 77.0 Å². The fourth-order valence-electron chi connectivity index (χ4n) is 5.76. The van der Waals surface area contributed by atoms with Gasteiger partial charge in [0.15, 0.2) is 11.5 Å². The van der Waals surface area contributed by atoms with Crippen LogP contribution in [0.4, 0.5) is 5.82 Å². The number of anilines is 1. The third kappa shape index (κ3) is 6.90. The first kappa shape index (κ1) is 31.0. The van der Waals surface area contributed by atoms with Crippen LogP contribution in [0.2, 0.25) is 25.7 Å². The van der Waals surface area contributed by atoms with E-state index >= 15 is 0 Å². The predicted octanol–water partition coefficient (Wildman–Crippen LogP) is 5.23. The van der Waals surface area contributed by atoms with Crippen LogP contribution < -0.4 is 10.6 Å². The van der Waals surface area contributed by atoms with E-state index < -0.39 is 8.07 Å². The Hall–Kier alpha value is -4.65. The van der Waals surface area contributed by atoms with Crippen molar-refractivity contribution in [1.29, 1.82) is 0 Å². The van der Waals surface area contributed by atoms with Gasteiger partial charge in [0.2, 0.25) is 0 Å². The molecule has 1 aliphatic rings. The van der Waals surface area contributed by atoms with E-state index in [1.807, 2.05) is 48.7 Å². The van der Waals surface area contributed by atoms with E-state index in [4.69, 9.17) is 24.4 Å². The smallest absolute Gasteiger partial charge is 0.352 e. The van der Waals surface area contributed by atoms with Crippen molar-refractivity contribution in [2.24, 2.45) is 0 Å². The van der Waals surface area contributed by atoms with Crippen molar-refractivity contribution in [2.75, 3.05) is 37.8 Å². The number of rotatable bonds is 11. The van der Waals surface area contributed by atoms with Gasteiger partial charge in [0.05, 0.1) is 42.0 Å². The lowest BCUT2D eigenvalue weighted by Gasteiger charge is -2.28. The number of nitrogens with zero attached hydrogens (tertiary/aromatic N) is 8. The molecule has 0 bridgehead atoms. The molecule has 2 aromatic carbocycles. The number of benzene rings is 2. The first-order valence-corrected chi connectivity index (χ1v) is 19.9.